The van der Waals surface area contributed by atoms with Crippen molar-refractivity contribution in [1.29, 1.82) is 0 Å². The first-order chi connectivity index (χ1) is 46.8. The Morgan fingerprint density at radius 3 is 1.43 bits per heavy atom. The van der Waals surface area contributed by atoms with Gasteiger partial charge in [-0.15, -0.1) is 9.97 Å². The van der Waals surface area contributed by atoms with Crippen molar-refractivity contribution in [1.82, 2.24) is 34.9 Å². The smallest absolute Gasteiger partial charge is 0.478 e. The van der Waals surface area contributed by atoms with E-state index in [0.717, 1.165) is 27.6 Å². The summed E-state index contributed by atoms with van der Waals surface area (Å²) in [5.41, 5.74) is -3.60. The van der Waals surface area contributed by atoms with Crippen LogP contribution in [0.5, 0.6) is 11.5 Å². The molecule has 6 heterocycles. The van der Waals surface area contributed by atoms with Crippen LogP contribution in [0, 0.1) is 0 Å². The Bertz CT molecular complexity index is 5960. The van der Waals surface area contributed by atoms with Crippen molar-refractivity contribution in [2.45, 2.75) is 29.4 Å². The number of halogens is 2. The van der Waals surface area contributed by atoms with E-state index in [0.29, 0.717) is 36.4 Å². The molecule has 14 N–H and O–H groups in total. The average Bonchev–Trinajstić information content (AvgIpc) is 0.722. The minimum Gasteiger partial charge on any atom is -0.478 e. The molecule has 106 heavy (non-hydrogen) atoms. The van der Waals surface area contributed by atoms with Crippen LogP contribution in [0.4, 0.5) is 52.2 Å². The summed E-state index contributed by atoms with van der Waals surface area (Å²) in [4.78, 5) is 52.3. The zero-order chi connectivity index (χ0) is 72.3. The van der Waals surface area contributed by atoms with Crippen molar-refractivity contribution >= 4 is 159 Å². The number of carboxylic acids is 2. The van der Waals surface area contributed by atoms with E-state index in [-0.39, 0.29) is 260 Å². The summed E-state index contributed by atoms with van der Waals surface area (Å²) in [6.45, 7) is -1.22. The maximum atomic E-state index is 13.3. The molecule has 3 aliphatic rings. The summed E-state index contributed by atoms with van der Waals surface area (Å²) in [7, 11) is -30.7. The number of pyridine rings is 2. The molecule has 0 bridgehead atoms. The van der Waals surface area contributed by atoms with Crippen LogP contribution in [0.3, 0.4) is 0 Å². The van der Waals surface area contributed by atoms with E-state index in [2.05, 4.69) is 71.8 Å². The molecule has 54 heteroatoms. The van der Waals surface area contributed by atoms with Gasteiger partial charge in [0, 0.05) is 19.6 Å². The number of carbonyl (C=O) groups is 2. The van der Waals surface area contributed by atoms with E-state index >= 15 is 0 Å². The van der Waals surface area contributed by atoms with Crippen molar-refractivity contribution < 1.29 is 293 Å². The molecular formula is C52H40Cl2N16Na6O24S6+8. The van der Waals surface area contributed by atoms with Crippen LogP contribution in [-0.4, -0.2) is 161 Å². The molecule has 0 spiro atoms. The van der Waals surface area contributed by atoms with Gasteiger partial charge in [0.15, 0.2) is 32.6 Å². The van der Waals surface area contributed by atoms with Gasteiger partial charge in [-0.2, -0.15) is 50.5 Å². The Morgan fingerprint density at radius 1 is 0.500 bits per heavy atom. The number of anilines is 9. The topological polar surface area (TPSA) is 606 Å². The Labute approximate surface area is 740 Å². The molecule has 0 fully saturated rings. The molecule has 40 nitrogen and oxygen atoms in total. The van der Waals surface area contributed by atoms with Gasteiger partial charge in [-0.1, -0.05) is 23.2 Å². The molecule has 4 aromatic heterocycles. The van der Waals surface area contributed by atoms with Crippen LogP contribution in [0.1, 0.15) is 20.7 Å². The Balaban J connectivity index is 0.00000336. The molecule has 0 saturated carbocycles. The summed E-state index contributed by atoms with van der Waals surface area (Å²) >= 11 is 13.8. The quantitative estimate of drug-likeness (QED) is 0.00930. The van der Waals surface area contributed by atoms with Crippen LogP contribution in [0.15, 0.2) is 148 Å². The van der Waals surface area contributed by atoms with Gasteiger partial charge in [-0.05, 0) is 105 Å². The summed E-state index contributed by atoms with van der Waals surface area (Å²) in [5.74, 6) is -6.84. The molecule has 0 amide bonds. The molecule has 11 rings (SSSR count). The monoisotopic (exact) mass is 1670 g/mol. The normalized spacial score (nSPS) is 12.1. The number of hydrogen-bond donors (Lipinski definition) is 14. The van der Waals surface area contributed by atoms with E-state index in [1.807, 2.05) is 0 Å². The van der Waals surface area contributed by atoms with Gasteiger partial charge in [0.25, 0.3) is 50.6 Å². The van der Waals surface area contributed by atoms with Gasteiger partial charge in [-0.3, -0.25) is 32.3 Å². The van der Waals surface area contributed by atoms with Crippen LogP contribution in [0.25, 0.3) is 34.5 Å². The molecule has 4 aromatic carbocycles. The number of aromatic carboxylic acids is 2. The number of aromatic nitrogens is 9. The van der Waals surface area contributed by atoms with Crippen molar-refractivity contribution in [3.05, 3.63) is 136 Å². The van der Waals surface area contributed by atoms with Crippen molar-refractivity contribution in [3.8, 4) is 34.8 Å². The van der Waals surface area contributed by atoms with E-state index in [9.17, 15) is 97.6 Å². The van der Waals surface area contributed by atoms with Crippen molar-refractivity contribution in [2.75, 3.05) is 58.1 Å². The molecule has 520 valence electrons. The third-order valence-corrected chi connectivity index (χ3v) is 19.7. The number of ether oxygens (including phenoxy) is 1. The van der Waals surface area contributed by atoms with Crippen molar-refractivity contribution in [2.24, 2.45) is 4.99 Å². The summed E-state index contributed by atoms with van der Waals surface area (Å²) in [6, 6.07) is 13.8. The van der Waals surface area contributed by atoms with Crippen LogP contribution < -0.4 is 228 Å². The number of rotatable bonds is 23. The molecule has 1 aliphatic carbocycles. The maximum absolute atomic E-state index is 13.3. The number of fused-ring (bicyclic) bond motifs is 4. The Hall–Kier alpha value is -4.60. The number of nitrogens with one attached hydrogen (secondary N) is 6. The van der Waals surface area contributed by atoms with Crippen LogP contribution in [-0.2, 0) is 60.7 Å². The van der Waals surface area contributed by atoms with Gasteiger partial charge in [-0.25, -0.2) is 23.7 Å². The molecule has 0 radical (unpaired) electrons. The fourth-order valence-corrected chi connectivity index (χ4v) is 13.8. The first-order valence-electron chi connectivity index (χ1n) is 27.1. The van der Waals surface area contributed by atoms with E-state index in [4.69, 9.17) is 32.4 Å². The predicted octanol–water partition coefficient (Wildman–Crippen LogP) is -14.1. The standard InChI is InChI=1S/C52H38Cl2N16O24S6.6Na/c53-35-38-42(94-40-28(60-38)8-10-30(44(40)100(90,91)92)56-14-16-58-48-64-50(68-52(66-48)70-18-2-4-24(22-70)46(73)74)62-32-20-26(96(78,79)80)6-12-34(32)98(84,85)86)36(54)37-41(35)93-39-27(59-37)7-9-29(43(39)99(87,88)89)55-13-15-57-47-63-49(67-51(65-47)69-17-1-3-23(21-69)45(71)72)61-31-19-25(95(75,76)77)5-11-33(31)97(81,82)83;;;;;;/h1-12,17-22H,13-16H2,(H12-2,55,56,57,58,59,60,61,62,63,64,65,66,67,68,71,72,73,74,75,76,77,78,79,80,81,82,83,84,85,86,87,88,89,90,91,92);;;;;;/q;6*+1/p+2. The number of nitrogens with zero attached hydrogens (tertiary/aromatic N) is 10. The first kappa shape index (κ1) is 92.0. The molecular weight excluding hydrogens is 1630 g/mol. The van der Waals surface area contributed by atoms with Crippen LogP contribution >= 0.6 is 23.2 Å². The molecule has 0 atom stereocenters. The summed E-state index contributed by atoms with van der Waals surface area (Å²) in [5, 5.41) is 34.1. The van der Waals surface area contributed by atoms with Gasteiger partial charge < -0.3 is 51.3 Å². The third-order valence-electron chi connectivity index (χ3n) is 13.6. The SMILES string of the molecule is O=C(O)c1ccc[n+](-c2nc(NCCN=c3ccc4nc5c(Cl)c6c(c(Cl)c5oc-4c3S(=O)(=O)O)Nc3ccc(NCCNc4nc(Nc5cc(S(=O)(=O)O)ccc5S(=O)(=O)O)nc(-[n+]5cccc(C(=O)O)c5)n4)c(S(=O)(=O)O)c3O6)nc(Nc3cc(S(=O)(=O)O)ccc3S(=O)(=O)O)n2)c1.[Na+].[Na+].[Na+].[Na+].[Na+].[Na+]. The van der Waals surface area contributed by atoms with Crippen molar-refractivity contribution in [3.63, 3.8) is 0 Å². The second kappa shape index (κ2) is 36.3. The Kier molecular flexibility index (Phi) is 31.5. The van der Waals surface area contributed by atoms with E-state index in [1.165, 1.54) is 54.9 Å². The second-order valence-corrected chi connectivity index (χ2v) is 29.4. The van der Waals surface area contributed by atoms with Gasteiger partial charge in [0.2, 0.25) is 0 Å². The van der Waals surface area contributed by atoms with Gasteiger partial charge >= 0.3 is 235 Å². The van der Waals surface area contributed by atoms with Gasteiger partial charge in [0.05, 0.1) is 80.4 Å². The van der Waals surface area contributed by atoms with Gasteiger partial charge in [0.1, 0.15) is 36.7 Å². The molecule has 0 unspecified atom stereocenters. The maximum Gasteiger partial charge on any atom is 1.00 e. The number of carboxylic acid groups (broad SMARTS) is 2. The average molecular weight is 1670 g/mol. The molecule has 8 aromatic rings. The fraction of sp³-hybridized carbons (Fsp3) is 0.0769. The third kappa shape index (κ3) is 21.1. The fourth-order valence-electron chi connectivity index (χ4n) is 9.38. The van der Waals surface area contributed by atoms with E-state index < -0.39 is 170 Å². The van der Waals surface area contributed by atoms with Crippen LogP contribution in [0.2, 0.25) is 10.0 Å². The predicted molar refractivity (Wildman–Crippen MR) is 341 cm³/mol. The minimum atomic E-state index is -5.32. The zero-order valence-corrected chi connectivity index (χ0v) is 73.4. The minimum absolute atomic E-state index is 0. The molecule has 2 aliphatic heterocycles. The first-order valence-corrected chi connectivity index (χ1v) is 36.5. The molecule has 0 saturated heterocycles. The summed E-state index contributed by atoms with van der Waals surface area (Å²) in [6.07, 6.45) is 4.80. The number of benzene rings is 5. The summed E-state index contributed by atoms with van der Waals surface area (Å²) < 4.78 is 225. The van der Waals surface area contributed by atoms with E-state index in [1.54, 1.807) is 0 Å². The largest absolute Gasteiger partial charge is 1.00 e. The Morgan fingerprint density at radius 2 is 0.972 bits per heavy atom. The zero-order valence-electron chi connectivity index (χ0n) is 55.0. The second-order valence-electron chi connectivity index (χ2n) is 20.3. The number of hydrogen-bond acceptors (Lipinski definition) is 30.